The van der Waals surface area contributed by atoms with Crippen molar-refractivity contribution in [2.24, 2.45) is 5.92 Å². The first-order chi connectivity index (χ1) is 8.62. The number of carbonyl (C=O) groups is 2. The molecular weight excluding hydrogens is 244 g/mol. The third kappa shape index (κ3) is 19.4. The van der Waals surface area contributed by atoms with E-state index in [2.05, 4.69) is 12.2 Å². The fraction of sp³-hybridized carbons (Fsp3) is 0.857. The largest absolute Gasteiger partial charge is 0.460 e. The van der Waals surface area contributed by atoms with Gasteiger partial charge in [-0.25, -0.2) is 0 Å². The Bertz CT molecular complexity index is 248. The van der Waals surface area contributed by atoms with Gasteiger partial charge in [-0.2, -0.15) is 0 Å². The van der Waals surface area contributed by atoms with E-state index in [1.165, 1.54) is 4.90 Å². The van der Waals surface area contributed by atoms with Gasteiger partial charge >= 0.3 is 5.97 Å². The number of amides is 1. The average molecular weight is 274 g/mol. The summed E-state index contributed by atoms with van der Waals surface area (Å²) in [6.45, 7) is 8.75. The first-order valence-corrected chi connectivity index (χ1v) is 6.60. The first-order valence-electron chi connectivity index (χ1n) is 6.60. The van der Waals surface area contributed by atoms with Crippen molar-refractivity contribution in [1.29, 1.82) is 0 Å². The molecule has 0 fully saturated rings. The van der Waals surface area contributed by atoms with Gasteiger partial charge in [0.15, 0.2) is 0 Å². The molecule has 5 nitrogen and oxygen atoms in total. The zero-order valence-corrected chi connectivity index (χ0v) is 13.4. The van der Waals surface area contributed by atoms with Crippen molar-refractivity contribution in [3.05, 3.63) is 0 Å². The van der Waals surface area contributed by atoms with Crippen molar-refractivity contribution in [2.75, 3.05) is 27.7 Å². The monoisotopic (exact) mass is 274 g/mol. The summed E-state index contributed by atoms with van der Waals surface area (Å²) in [4.78, 5) is 22.2. The summed E-state index contributed by atoms with van der Waals surface area (Å²) < 4.78 is 5.21. The third-order valence-corrected chi connectivity index (χ3v) is 2.02. The van der Waals surface area contributed by atoms with Crippen LogP contribution in [0.4, 0.5) is 0 Å². The fourth-order valence-corrected chi connectivity index (χ4v) is 1.21. The second kappa shape index (κ2) is 10.8. The van der Waals surface area contributed by atoms with E-state index in [4.69, 9.17) is 4.74 Å². The minimum Gasteiger partial charge on any atom is -0.460 e. The third-order valence-electron chi connectivity index (χ3n) is 2.02. The molecule has 1 amide bonds. The molecule has 1 N–H and O–H groups in total. The summed E-state index contributed by atoms with van der Waals surface area (Å²) in [5, 5.41) is 3.09. The first kappa shape index (κ1) is 20.2. The number of ether oxygens (including phenoxy) is 1. The Morgan fingerprint density at radius 1 is 1.37 bits per heavy atom. The second-order valence-corrected chi connectivity index (χ2v) is 5.86. The van der Waals surface area contributed by atoms with Crippen molar-refractivity contribution in [2.45, 2.75) is 46.1 Å². The Hall–Kier alpha value is -1.10. The van der Waals surface area contributed by atoms with E-state index in [0.717, 1.165) is 19.4 Å². The van der Waals surface area contributed by atoms with Gasteiger partial charge in [0.05, 0.1) is 0 Å². The Kier molecular flexibility index (Phi) is 11.5. The van der Waals surface area contributed by atoms with E-state index >= 15 is 0 Å². The molecule has 0 aliphatic rings. The van der Waals surface area contributed by atoms with E-state index in [0.29, 0.717) is 12.3 Å². The Morgan fingerprint density at radius 2 is 1.84 bits per heavy atom. The van der Waals surface area contributed by atoms with Crippen molar-refractivity contribution < 1.29 is 14.3 Å². The van der Waals surface area contributed by atoms with Crippen molar-refractivity contribution in [3.63, 3.8) is 0 Å². The summed E-state index contributed by atoms with van der Waals surface area (Å²) >= 11 is 0. The zero-order valence-electron chi connectivity index (χ0n) is 13.4. The van der Waals surface area contributed by atoms with Gasteiger partial charge in [-0.3, -0.25) is 9.59 Å². The molecule has 0 rings (SSSR count). The molecule has 19 heavy (non-hydrogen) atoms. The molecule has 0 aliphatic carbocycles. The molecule has 0 aliphatic heterocycles. The highest BCUT2D eigenvalue weighted by Gasteiger charge is 2.16. The van der Waals surface area contributed by atoms with Crippen LogP contribution >= 0.6 is 0 Å². The Labute approximate surface area is 117 Å². The highest BCUT2D eigenvalue weighted by molar-refractivity contribution is 5.69. The van der Waals surface area contributed by atoms with Gasteiger partial charge in [0.2, 0.25) is 6.41 Å². The number of nitrogens with one attached hydrogen (secondary N) is 1. The van der Waals surface area contributed by atoms with Crippen molar-refractivity contribution in [1.82, 2.24) is 10.2 Å². The molecule has 0 heterocycles. The van der Waals surface area contributed by atoms with Gasteiger partial charge in [-0.1, -0.05) is 6.92 Å². The number of rotatable bonds is 6. The van der Waals surface area contributed by atoms with Crippen LogP contribution in [0.25, 0.3) is 0 Å². The lowest BCUT2D eigenvalue weighted by Gasteiger charge is -2.20. The topological polar surface area (TPSA) is 58.6 Å². The van der Waals surface area contributed by atoms with E-state index in [1.807, 2.05) is 27.8 Å². The van der Waals surface area contributed by atoms with Gasteiger partial charge in [0.25, 0.3) is 0 Å². The summed E-state index contributed by atoms with van der Waals surface area (Å²) in [6.07, 6.45) is 2.15. The van der Waals surface area contributed by atoms with Gasteiger partial charge < -0.3 is 15.0 Å². The SMILES string of the molecule is CN(C)C=O.CNCC(C)CCC(=O)OC(C)(C)C. The quantitative estimate of drug-likeness (QED) is 0.591. The number of hydrogen-bond acceptors (Lipinski definition) is 4. The molecular formula is C14H30N2O3. The Balaban J connectivity index is 0. The Morgan fingerprint density at radius 3 is 2.16 bits per heavy atom. The minimum absolute atomic E-state index is 0.0968. The molecule has 0 aromatic heterocycles. The van der Waals surface area contributed by atoms with Crippen LogP contribution in [0.15, 0.2) is 0 Å². The van der Waals surface area contributed by atoms with Crippen LogP contribution in [0, 0.1) is 5.92 Å². The number of nitrogens with zero attached hydrogens (tertiary/aromatic N) is 1. The van der Waals surface area contributed by atoms with Crippen LogP contribution < -0.4 is 5.32 Å². The van der Waals surface area contributed by atoms with Gasteiger partial charge in [0, 0.05) is 20.5 Å². The molecule has 0 saturated carbocycles. The predicted octanol–water partition coefficient (Wildman–Crippen LogP) is 1.67. The smallest absolute Gasteiger partial charge is 0.306 e. The van der Waals surface area contributed by atoms with Gasteiger partial charge in [-0.05, 0) is 46.7 Å². The second-order valence-electron chi connectivity index (χ2n) is 5.86. The van der Waals surface area contributed by atoms with Crippen LogP contribution in [0.5, 0.6) is 0 Å². The number of hydrogen-bond donors (Lipinski definition) is 1. The lowest BCUT2D eigenvalue weighted by atomic mass is 10.1. The molecule has 0 aromatic rings. The highest BCUT2D eigenvalue weighted by Crippen LogP contribution is 2.11. The van der Waals surface area contributed by atoms with Gasteiger partial charge in [-0.15, -0.1) is 0 Å². The molecule has 1 unspecified atom stereocenters. The standard InChI is InChI=1S/C11H23NO2.C3H7NO/c1-9(8-12-5)6-7-10(13)14-11(2,3)4;1-4(2)3-5/h9,12H,6-8H2,1-5H3;3H,1-2H3. The fourth-order valence-electron chi connectivity index (χ4n) is 1.21. The van der Waals surface area contributed by atoms with E-state index in [1.54, 1.807) is 14.1 Å². The van der Waals surface area contributed by atoms with Crippen LogP contribution in [0.3, 0.4) is 0 Å². The van der Waals surface area contributed by atoms with Crippen LogP contribution in [-0.4, -0.2) is 50.6 Å². The molecule has 1 atom stereocenters. The number of carbonyl (C=O) groups excluding carboxylic acids is 2. The lowest BCUT2D eigenvalue weighted by molar-refractivity contribution is -0.155. The summed E-state index contributed by atoms with van der Waals surface area (Å²) in [6, 6.07) is 0. The van der Waals surface area contributed by atoms with Crippen LogP contribution in [0.1, 0.15) is 40.5 Å². The van der Waals surface area contributed by atoms with E-state index < -0.39 is 0 Å². The molecule has 114 valence electrons. The minimum atomic E-state index is -0.358. The van der Waals surface area contributed by atoms with E-state index in [9.17, 15) is 9.59 Å². The van der Waals surface area contributed by atoms with Crippen LogP contribution in [0.2, 0.25) is 0 Å². The van der Waals surface area contributed by atoms with Crippen molar-refractivity contribution in [3.8, 4) is 0 Å². The highest BCUT2D eigenvalue weighted by atomic mass is 16.6. The maximum atomic E-state index is 11.3. The summed E-state index contributed by atoms with van der Waals surface area (Å²) in [5.41, 5.74) is -0.358. The van der Waals surface area contributed by atoms with Crippen molar-refractivity contribution >= 4 is 12.4 Å². The predicted molar refractivity (Wildman–Crippen MR) is 77.9 cm³/mol. The molecule has 0 saturated heterocycles. The molecule has 5 heteroatoms. The van der Waals surface area contributed by atoms with Crippen LogP contribution in [-0.2, 0) is 14.3 Å². The maximum absolute atomic E-state index is 11.3. The molecule has 0 aromatic carbocycles. The normalized spacial score (nSPS) is 11.9. The zero-order chi connectivity index (χ0) is 15.5. The lowest BCUT2D eigenvalue weighted by Crippen LogP contribution is -2.24. The summed E-state index contributed by atoms with van der Waals surface area (Å²) in [5.74, 6) is 0.424. The molecule has 0 spiro atoms. The summed E-state index contributed by atoms with van der Waals surface area (Å²) in [7, 11) is 5.30. The van der Waals surface area contributed by atoms with Gasteiger partial charge in [0.1, 0.15) is 5.60 Å². The van der Waals surface area contributed by atoms with E-state index in [-0.39, 0.29) is 11.6 Å². The maximum Gasteiger partial charge on any atom is 0.306 e. The average Bonchev–Trinajstić information content (AvgIpc) is 2.25. The molecule has 0 radical (unpaired) electrons. The number of esters is 1. The molecule has 0 bridgehead atoms.